The molecule has 0 bridgehead atoms. The Morgan fingerprint density at radius 1 is 0.786 bits per heavy atom. The standard InChI is InChI=1S/C43H44N3O.C20H26GeN.Ir/c1-25(2)34-22-30(29-13-11-10-12-14-29)23-35(26(3)4)39(34)46-37-21-27(5)15-20-36(37)45-41(46)33-18-16-28(6)38-32-19-17-31(24-43(7,8)9)44-42(32)47-40(33)38;1-21(2,3)19-15-22-20(17-11-5-4-6-12-17)14-18(19)13-16-9-7-8-10-16;/h10-17,19-23,25-26H,24H2,1-9H3;4-6,11,14-16H,7-10,13H2,1-3H3;/q2*-1;. The number of fused-ring (bicyclic) bond motifs is 4. The van der Waals surface area contributed by atoms with Gasteiger partial charge in [0, 0.05) is 36.9 Å². The van der Waals surface area contributed by atoms with Crippen LogP contribution in [0.25, 0.3) is 72.6 Å². The van der Waals surface area contributed by atoms with Crippen molar-refractivity contribution in [1.82, 2.24) is 19.5 Å². The first-order valence-electron chi connectivity index (χ1n) is 25.4. The van der Waals surface area contributed by atoms with Crippen LogP contribution in [0.3, 0.4) is 0 Å². The number of hydrogen-bond donors (Lipinski definition) is 0. The molecule has 4 aromatic heterocycles. The van der Waals surface area contributed by atoms with Crippen LogP contribution in [-0.4, -0.2) is 32.8 Å². The maximum Gasteiger partial charge on any atom is 0 e. The van der Waals surface area contributed by atoms with Gasteiger partial charge >= 0.3 is 137 Å². The van der Waals surface area contributed by atoms with Gasteiger partial charge in [0.05, 0.1) is 22.4 Å². The first kappa shape index (κ1) is 51.2. The van der Waals surface area contributed by atoms with E-state index in [1.807, 2.05) is 12.1 Å². The Hall–Kier alpha value is -5.14. The molecule has 0 unspecified atom stereocenters. The molecule has 1 fully saturated rings. The molecule has 10 rings (SSSR count). The number of benzene rings is 5. The molecule has 5 nitrogen and oxygen atoms in total. The van der Waals surface area contributed by atoms with Crippen LogP contribution in [0.5, 0.6) is 0 Å². The van der Waals surface area contributed by atoms with Gasteiger partial charge in [0.2, 0.25) is 5.71 Å². The number of hydrogen-bond acceptors (Lipinski definition) is 4. The van der Waals surface area contributed by atoms with E-state index in [4.69, 9.17) is 19.4 Å². The number of imidazole rings is 1. The van der Waals surface area contributed by atoms with Crippen molar-refractivity contribution in [3.8, 4) is 39.5 Å². The summed E-state index contributed by atoms with van der Waals surface area (Å²) >= 11 is -1.87. The van der Waals surface area contributed by atoms with Crippen LogP contribution in [0.4, 0.5) is 0 Å². The smallest absolute Gasteiger partial charge is 0 e. The van der Waals surface area contributed by atoms with Gasteiger partial charge in [0.25, 0.3) is 0 Å². The summed E-state index contributed by atoms with van der Waals surface area (Å²) in [6, 6.07) is 45.9. The Balaban J connectivity index is 0.000000240. The molecule has 363 valence electrons. The number of pyridine rings is 2. The summed E-state index contributed by atoms with van der Waals surface area (Å²) < 4.78 is 10.7. The Morgan fingerprint density at radius 3 is 2.13 bits per heavy atom. The van der Waals surface area contributed by atoms with Gasteiger partial charge < -0.3 is 8.98 Å². The van der Waals surface area contributed by atoms with Gasteiger partial charge in [-0.3, -0.25) is 4.98 Å². The molecule has 4 heterocycles. The molecule has 1 radical (unpaired) electrons. The van der Waals surface area contributed by atoms with Crippen LogP contribution in [-0.2, 0) is 32.9 Å². The molecule has 0 amide bonds. The molecule has 0 aliphatic heterocycles. The zero-order chi connectivity index (χ0) is 48.8. The number of aromatic nitrogens is 4. The second kappa shape index (κ2) is 20.9. The van der Waals surface area contributed by atoms with Crippen molar-refractivity contribution in [2.75, 3.05) is 0 Å². The zero-order valence-electron chi connectivity index (χ0n) is 43.5. The third-order valence-electron chi connectivity index (χ3n) is 13.9. The van der Waals surface area contributed by atoms with Gasteiger partial charge in [0.1, 0.15) is 0 Å². The van der Waals surface area contributed by atoms with E-state index in [0.29, 0.717) is 5.71 Å². The zero-order valence-corrected chi connectivity index (χ0v) is 48.0. The second-order valence-corrected chi connectivity index (χ2v) is 33.2. The van der Waals surface area contributed by atoms with Gasteiger partial charge in [-0.2, -0.15) is 0 Å². The van der Waals surface area contributed by atoms with E-state index in [0.717, 1.165) is 73.6 Å². The van der Waals surface area contributed by atoms with Gasteiger partial charge in [-0.05, 0) is 94.8 Å². The summed E-state index contributed by atoms with van der Waals surface area (Å²) in [4.78, 5) is 15.1. The predicted octanol–water partition coefficient (Wildman–Crippen LogP) is 16.7. The SMILES string of the molecule is Cc1ccc2nc(-c3[c-]cc(C)c4c3oc3nc(CC(C)(C)C)ccc34)n(-c3c(C(C)C)cc(-c4ccccc4)cc3C(C)C)c2c1.[CH3][Ge]([CH3])([CH3])[c]1cnc(-c2[c-]cccc2)cc1CC1CCCC1.[Ir]. The van der Waals surface area contributed by atoms with Crippen LogP contribution < -0.4 is 4.40 Å². The summed E-state index contributed by atoms with van der Waals surface area (Å²) in [7, 11) is 0. The molecule has 1 saturated carbocycles. The summed E-state index contributed by atoms with van der Waals surface area (Å²) in [5.74, 6) is 9.70. The topological polar surface area (TPSA) is 56.7 Å². The van der Waals surface area contributed by atoms with Crippen molar-refractivity contribution in [2.45, 2.75) is 130 Å². The fourth-order valence-corrected chi connectivity index (χ4v) is 13.8. The fraction of sp³-hybridized carbons (Fsp3) is 0.349. The van der Waals surface area contributed by atoms with Crippen molar-refractivity contribution in [2.24, 2.45) is 11.3 Å². The molecule has 0 saturated heterocycles. The van der Waals surface area contributed by atoms with E-state index in [1.54, 1.807) is 9.96 Å². The first-order valence-corrected chi connectivity index (χ1v) is 32.7. The Labute approximate surface area is 433 Å². The third-order valence-corrected chi connectivity index (χ3v) is 18.3. The van der Waals surface area contributed by atoms with Gasteiger partial charge in [-0.15, -0.1) is 17.7 Å². The Morgan fingerprint density at radius 2 is 1.49 bits per heavy atom. The first-order chi connectivity index (χ1) is 32.9. The molecule has 1 aliphatic rings. The number of aryl methyl sites for hydroxylation is 2. The third kappa shape index (κ3) is 10.9. The Bertz CT molecular complexity index is 3240. The monoisotopic (exact) mass is 1170 g/mol. The van der Waals surface area contributed by atoms with E-state index in [9.17, 15) is 0 Å². The summed E-state index contributed by atoms with van der Waals surface area (Å²) in [6.07, 6.45) is 9.96. The number of furan rings is 1. The van der Waals surface area contributed by atoms with Crippen molar-refractivity contribution < 1.29 is 24.5 Å². The quantitative estimate of drug-likeness (QED) is 0.101. The van der Waals surface area contributed by atoms with Crippen LogP contribution in [0.15, 0.2) is 120 Å². The van der Waals surface area contributed by atoms with Gasteiger partial charge in [-0.25, -0.2) is 4.98 Å². The molecule has 9 aromatic rings. The second-order valence-electron chi connectivity index (χ2n) is 22.6. The Kier molecular flexibility index (Phi) is 15.3. The van der Waals surface area contributed by atoms with E-state index in [2.05, 4.69) is 200 Å². The number of rotatable bonds is 10. The fourth-order valence-electron chi connectivity index (χ4n) is 10.5. The summed E-state index contributed by atoms with van der Waals surface area (Å²) in [5, 5.41) is 2.10. The van der Waals surface area contributed by atoms with Crippen LogP contribution in [0.1, 0.15) is 119 Å². The predicted molar refractivity (Wildman–Crippen MR) is 294 cm³/mol. The van der Waals surface area contributed by atoms with Crippen LogP contribution in [0.2, 0.25) is 17.3 Å². The van der Waals surface area contributed by atoms with Crippen molar-refractivity contribution >= 4 is 50.8 Å². The molecule has 1 aliphatic carbocycles. The molecular formula is C63H70GeIrN4O-2. The van der Waals surface area contributed by atoms with Crippen LogP contribution >= 0.6 is 0 Å². The van der Waals surface area contributed by atoms with E-state index < -0.39 is 13.3 Å². The van der Waals surface area contributed by atoms with Crippen molar-refractivity contribution in [3.63, 3.8) is 0 Å². The molecule has 7 heteroatoms. The largest absolute Gasteiger partial charge is 0 e. The number of nitrogens with zero attached hydrogens (tertiary/aromatic N) is 4. The molecule has 5 aromatic carbocycles. The minimum absolute atomic E-state index is 0. The van der Waals surface area contributed by atoms with Gasteiger partial charge in [0.15, 0.2) is 0 Å². The maximum absolute atomic E-state index is 6.72. The molecule has 0 spiro atoms. The molecule has 0 atom stereocenters. The molecular weight excluding hydrogens is 1090 g/mol. The van der Waals surface area contributed by atoms with E-state index >= 15 is 0 Å². The van der Waals surface area contributed by atoms with E-state index in [-0.39, 0.29) is 37.4 Å². The molecule has 70 heavy (non-hydrogen) atoms. The van der Waals surface area contributed by atoms with E-state index in [1.165, 1.54) is 65.6 Å². The normalized spacial score (nSPS) is 13.4. The van der Waals surface area contributed by atoms with Crippen molar-refractivity contribution in [1.29, 1.82) is 0 Å². The summed E-state index contributed by atoms with van der Waals surface area (Å²) in [6.45, 7) is 20.2. The van der Waals surface area contributed by atoms with Gasteiger partial charge in [-0.1, -0.05) is 103 Å². The minimum atomic E-state index is -1.87. The summed E-state index contributed by atoms with van der Waals surface area (Å²) in [5.41, 5.74) is 17.8. The average molecular weight is 1160 g/mol. The minimum Gasteiger partial charge on any atom is 0 e. The maximum atomic E-state index is 6.72. The molecule has 0 N–H and O–H groups in total. The average Bonchev–Trinajstić information content (AvgIpc) is 4.06. The van der Waals surface area contributed by atoms with Crippen molar-refractivity contribution in [3.05, 3.63) is 161 Å². The van der Waals surface area contributed by atoms with Crippen LogP contribution in [0, 0.1) is 37.3 Å².